The zero-order valence-electron chi connectivity index (χ0n) is 10.4. The third-order valence-corrected chi connectivity index (χ3v) is 3.73. The zero-order valence-corrected chi connectivity index (χ0v) is 13.4. The van der Waals surface area contributed by atoms with Crippen LogP contribution in [0, 0.1) is 3.57 Å². The van der Waals surface area contributed by atoms with Crippen LogP contribution in [0.1, 0.15) is 24.2 Å². The lowest BCUT2D eigenvalue weighted by atomic mass is 10.2. The van der Waals surface area contributed by atoms with Gasteiger partial charge in [-0.25, -0.2) is 0 Å². The van der Waals surface area contributed by atoms with Crippen LogP contribution >= 0.6 is 34.4 Å². The first-order valence-corrected chi connectivity index (χ1v) is 7.88. The Morgan fingerprint density at radius 2 is 1.83 bits per heavy atom. The average Bonchev–Trinajstić information content (AvgIpc) is 2.28. The molecular formula is C13H16INO2S. The minimum atomic E-state index is -0.0228. The predicted molar refractivity (Wildman–Crippen MR) is 84.1 cm³/mol. The summed E-state index contributed by atoms with van der Waals surface area (Å²) in [4.78, 5) is 23.2. The summed E-state index contributed by atoms with van der Waals surface area (Å²) in [5.41, 5.74) is 0.701. The van der Waals surface area contributed by atoms with Gasteiger partial charge in [0, 0.05) is 15.2 Å². The largest absolute Gasteiger partial charge is 0.353 e. The number of carbonyl (C=O) groups excluding carboxylic acids is 2. The van der Waals surface area contributed by atoms with Crippen molar-refractivity contribution in [3.05, 3.63) is 33.4 Å². The van der Waals surface area contributed by atoms with E-state index in [-0.39, 0.29) is 17.7 Å². The SMILES string of the molecule is CC(C)NC(=O)CSCC(=O)c1ccc(I)cc1. The van der Waals surface area contributed by atoms with Gasteiger partial charge in [-0.15, -0.1) is 11.8 Å². The maximum atomic E-state index is 11.8. The minimum absolute atomic E-state index is 0.0228. The Morgan fingerprint density at radius 1 is 1.22 bits per heavy atom. The fourth-order valence-corrected chi connectivity index (χ4v) is 2.40. The number of Topliss-reactive ketones (excluding diaryl/α,β-unsaturated/α-hetero) is 1. The molecule has 0 spiro atoms. The van der Waals surface area contributed by atoms with E-state index >= 15 is 0 Å². The van der Waals surface area contributed by atoms with Gasteiger partial charge in [-0.1, -0.05) is 12.1 Å². The van der Waals surface area contributed by atoms with Crippen LogP contribution in [0.4, 0.5) is 0 Å². The lowest BCUT2D eigenvalue weighted by Gasteiger charge is -2.07. The van der Waals surface area contributed by atoms with E-state index in [4.69, 9.17) is 0 Å². The Kier molecular flexibility index (Phi) is 6.70. The van der Waals surface area contributed by atoms with Crippen LogP contribution in [-0.2, 0) is 4.79 Å². The second-order valence-corrected chi connectivity index (χ2v) is 6.38. The first kappa shape index (κ1) is 15.5. The number of nitrogens with one attached hydrogen (secondary N) is 1. The van der Waals surface area contributed by atoms with Crippen LogP contribution in [0.3, 0.4) is 0 Å². The molecule has 1 N–H and O–H groups in total. The molecule has 0 aliphatic rings. The molecule has 18 heavy (non-hydrogen) atoms. The smallest absolute Gasteiger partial charge is 0.230 e. The minimum Gasteiger partial charge on any atom is -0.353 e. The van der Waals surface area contributed by atoms with Crippen molar-refractivity contribution in [2.45, 2.75) is 19.9 Å². The molecule has 0 heterocycles. The van der Waals surface area contributed by atoms with Gasteiger partial charge in [0.1, 0.15) is 0 Å². The topological polar surface area (TPSA) is 46.2 Å². The Balaban J connectivity index is 2.33. The number of ketones is 1. The second-order valence-electron chi connectivity index (χ2n) is 4.15. The number of halogens is 1. The number of benzene rings is 1. The van der Waals surface area contributed by atoms with E-state index in [0.717, 1.165) is 3.57 Å². The first-order chi connectivity index (χ1) is 8.49. The van der Waals surface area contributed by atoms with Crippen molar-refractivity contribution < 1.29 is 9.59 Å². The lowest BCUT2D eigenvalue weighted by Crippen LogP contribution is -2.31. The van der Waals surface area contributed by atoms with Crippen molar-refractivity contribution in [1.82, 2.24) is 5.32 Å². The van der Waals surface area contributed by atoms with Gasteiger partial charge in [-0.3, -0.25) is 9.59 Å². The van der Waals surface area contributed by atoms with Gasteiger partial charge < -0.3 is 5.32 Å². The summed E-state index contributed by atoms with van der Waals surface area (Å²) in [6.45, 7) is 3.83. The number of carbonyl (C=O) groups is 2. The summed E-state index contributed by atoms with van der Waals surface area (Å²) < 4.78 is 1.10. The summed E-state index contributed by atoms with van der Waals surface area (Å²) in [5, 5.41) is 2.79. The van der Waals surface area contributed by atoms with E-state index < -0.39 is 0 Å². The van der Waals surface area contributed by atoms with Crippen molar-refractivity contribution in [2.75, 3.05) is 11.5 Å². The molecule has 0 saturated heterocycles. The van der Waals surface area contributed by atoms with E-state index in [1.807, 2.05) is 38.1 Å². The third kappa shape index (κ3) is 5.86. The molecule has 1 aromatic carbocycles. The highest BCUT2D eigenvalue weighted by molar-refractivity contribution is 14.1. The number of rotatable bonds is 6. The van der Waals surface area contributed by atoms with Gasteiger partial charge >= 0.3 is 0 Å². The Morgan fingerprint density at radius 3 is 2.39 bits per heavy atom. The van der Waals surface area contributed by atoms with Crippen LogP contribution in [0.2, 0.25) is 0 Å². The highest BCUT2D eigenvalue weighted by Gasteiger charge is 2.08. The summed E-state index contributed by atoms with van der Waals surface area (Å²) in [5.74, 6) is 0.708. The molecular weight excluding hydrogens is 361 g/mol. The Bertz CT molecular complexity index is 418. The van der Waals surface area contributed by atoms with E-state index in [9.17, 15) is 9.59 Å². The van der Waals surface area contributed by atoms with Gasteiger partial charge in [0.25, 0.3) is 0 Å². The summed E-state index contributed by atoms with van der Waals surface area (Å²) in [6, 6.07) is 7.59. The molecule has 1 aromatic rings. The van der Waals surface area contributed by atoms with Crippen molar-refractivity contribution in [3.8, 4) is 0 Å². The molecule has 1 amide bonds. The molecule has 98 valence electrons. The molecule has 3 nitrogen and oxygen atoms in total. The van der Waals surface area contributed by atoms with E-state index in [2.05, 4.69) is 27.9 Å². The maximum absolute atomic E-state index is 11.8. The predicted octanol–water partition coefficient (Wildman–Crippen LogP) is 2.73. The monoisotopic (exact) mass is 377 g/mol. The molecule has 0 bridgehead atoms. The fraction of sp³-hybridized carbons (Fsp3) is 0.385. The highest BCUT2D eigenvalue weighted by Crippen LogP contribution is 2.10. The summed E-state index contributed by atoms with van der Waals surface area (Å²) in [6.07, 6.45) is 0. The molecule has 1 rings (SSSR count). The van der Waals surface area contributed by atoms with Crippen LogP contribution in [0.5, 0.6) is 0 Å². The van der Waals surface area contributed by atoms with Crippen LogP contribution in [0.25, 0.3) is 0 Å². The molecule has 0 saturated carbocycles. The van der Waals surface area contributed by atoms with Crippen molar-refractivity contribution in [3.63, 3.8) is 0 Å². The molecule has 0 aliphatic carbocycles. The summed E-state index contributed by atoms with van der Waals surface area (Å²) >= 11 is 3.55. The number of thioether (sulfide) groups is 1. The van der Waals surface area contributed by atoms with Crippen LogP contribution in [-0.4, -0.2) is 29.2 Å². The van der Waals surface area contributed by atoms with Crippen molar-refractivity contribution >= 4 is 46.0 Å². The Hall–Kier alpha value is -0.560. The van der Waals surface area contributed by atoms with Crippen molar-refractivity contribution in [1.29, 1.82) is 0 Å². The number of hydrogen-bond acceptors (Lipinski definition) is 3. The molecule has 5 heteroatoms. The molecule has 0 atom stereocenters. The third-order valence-electron chi connectivity index (χ3n) is 2.08. The van der Waals surface area contributed by atoms with Crippen LogP contribution in [0.15, 0.2) is 24.3 Å². The van der Waals surface area contributed by atoms with Crippen molar-refractivity contribution in [2.24, 2.45) is 0 Å². The number of amides is 1. The van der Waals surface area contributed by atoms with E-state index in [0.29, 0.717) is 17.1 Å². The fourth-order valence-electron chi connectivity index (χ4n) is 1.32. The standard InChI is InChI=1S/C13H16INO2S/c1-9(2)15-13(17)8-18-7-12(16)10-3-5-11(14)6-4-10/h3-6,9H,7-8H2,1-2H3,(H,15,17). The Labute approximate surface area is 125 Å². The van der Waals surface area contributed by atoms with E-state index in [1.54, 1.807) is 0 Å². The van der Waals surface area contributed by atoms with Gasteiger partial charge in [0.15, 0.2) is 5.78 Å². The van der Waals surface area contributed by atoms with Crippen LogP contribution < -0.4 is 5.32 Å². The summed E-state index contributed by atoms with van der Waals surface area (Å²) in [7, 11) is 0. The molecule has 0 unspecified atom stereocenters. The van der Waals surface area contributed by atoms with Gasteiger partial charge in [-0.2, -0.15) is 0 Å². The molecule has 0 aliphatic heterocycles. The molecule has 0 aromatic heterocycles. The zero-order chi connectivity index (χ0) is 13.5. The molecule has 0 fully saturated rings. The van der Waals surface area contributed by atoms with Gasteiger partial charge in [0.2, 0.25) is 5.91 Å². The molecule has 0 radical (unpaired) electrons. The quantitative estimate of drug-likeness (QED) is 0.613. The lowest BCUT2D eigenvalue weighted by molar-refractivity contribution is -0.119. The first-order valence-electron chi connectivity index (χ1n) is 5.65. The van der Waals surface area contributed by atoms with Gasteiger partial charge in [0.05, 0.1) is 11.5 Å². The van der Waals surface area contributed by atoms with E-state index in [1.165, 1.54) is 11.8 Å². The normalized spacial score (nSPS) is 10.4. The highest BCUT2D eigenvalue weighted by atomic mass is 127. The second kappa shape index (κ2) is 7.78. The maximum Gasteiger partial charge on any atom is 0.230 e. The van der Waals surface area contributed by atoms with Gasteiger partial charge in [-0.05, 0) is 48.6 Å². The average molecular weight is 377 g/mol. The number of hydrogen-bond donors (Lipinski definition) is 1.